The van der Waals surface area contributed by atoms with Crippen LogP contribution in [0.2, 0.25) is 0 Å². The molecule has 0 aliphatic carbocycles. The molecule has 3 heteroatoms. The topological polar surface area (TPSA) is 39.1 Å². The fraction of sp³-hybridized carbons (Fsp3) is 0.923. The molecular weight excluding hydrogens is 198 g/mol. The van der Waals surface area contributed by atoms with Crippen LogP contribution in [0.25, 0.3) is 0 Å². The molecule has 0 bridgehead atoms. The quantitative estimate of drug-likeness (QED) is 0.725. The lowest BCUT2D eigenvalue weighted by molar-refractivity contribution is 0.279. The molecule has 0 saturated carbocycles. The fourth-order valence-electron chi connectivity index (χ4n) is 2.08. The highest BCUT2D eigenvalue weighted by Crippen LogP contribution is 2.21. The van der Waals surface area contributed by atoms with Gasteiger partial charge in [-0.2, -0.15) is 5.26 Å². The van der Waals surface area contributed by atoms with Crippen LogP contribution >= 0.6 is 0 Å². The molecule has 0 radical (unpaired) electrons. The average Bonchev–Trinajstić information content (AvgIpc) is 2.53. The third kappa shape index (κ3) is 5.48. The summed E-state index contributed by atoms with van der Waals surface area (Å²) < 4.78 is 0. The summed E-state index contributed by atoms with van der Waals surface area (Å²) in [6.45, 7) is 9.97. The lowest BCUT2D eigenvalue weighted by Gasteiger charge is -2.20. The first-order chi connectivity index (χ1) is 7.64. The van der Waals surface area contributed by atoms with Crippen molar-refractivity contribution in [1.29, 1.82) is 5.26 Å². The first-order valence-corrected chi connectivity index (χ1v) is 6.48. The number of unbranched alkanes of at least 4 members (excludes halogenated alkanes) is 1. The molecular formula is C13H25N3. The van der Waals surface area contributed by atoms with Crippen LogP contribution in [0, 0.1) is 16.7 Å². The summed E-state index contributed by atoms with van der Waals surface area (Å²) in [4.78, 5) is 2.54. The molecule has 0 aromatic carbocycles. The van der Waals surface area contributed by atoms with Crippen LogP contribution in [0.5, 0.6) is 0 Å². The zero-order valence-electron chi connectivity index (χ0n) is 10.8. The van der Waals surface area contributed by atoms with Crippen molar-refractivity contribution in [2.75, 3.05) is 32.7 Å². The van der Waals surface area contributed by atoms with Gasteiger partial charge in [0.05, 0.1) is 11.5 Å². The second kappa shape index (κ2) is 6.88. The third-order valence-electron chi connectivity index (χ3n) is 3.26. The second-order valence-corrected chi connectivity index (χ2v) is 5.40. The van der Waals surface area contributed by atoms with Crippen molar-refractivity contribution in [2.24, 2.45) is 5.41 Å². The van der Waals surface area contributed by atoms with Crippen molar-refractivity contribution in [2.45, 2.75) is 39.5 Å². The average molecular weight is 223 g/mol. The zero-order valence-corrected chi connectivity index (χ0v) is 10.8. The molecule has 92 valence electrons. The zero-order chi connectivity index (χ0) is 11.9. The van der Waals surface area contributed by atoms with Gasteiger partial charge in [0.1, 0.15) is 0 Å². The van der Waals surface area contributed by atoms with E-state index in [4.69, 9.17) is 5.26 Å². The molecule has 0 aromatic heterocycles. The van der Waals surface area contributed by atoms with Crippen molar-refractivity contribution < 1.29 is 0 Å². The minimum Gasteiger partial charge on any atom is -0.315 e. The number of hydrogen-bond donors (Lipinski definition) is 1. The van der Waals surface area contributed by atoms with Crippen molar-refractivity contribution >= 4 is 0 Å². The Labute approximate surface area is 99.8 Å². The van der Waals surface area contributed by atoms with E-state index >= 15 is 0 Å². The maximum atomic E-state index is 8.91. The number of nitriles is 1. The molecule has 0 aromatic rings. The van der Waals surface area contributed by atoms with Crippen LogP contribution in [-0.4, -0.2) is 37.6 Å². The summed E-state index contributed by atoms with van der Waals surface area (Å²) in [5, 5.41) is 12.3. The Bertz CT molecular complexity index is 222. The summed E-state index contributed by atoms with van der Waals surface area (Å²) in [5.41, 5.74) is -0.139. The van der Waals surface area contributed by atoms with Crippen molar-refractivity contribution in [1.82, 2.24) is 10.2 Å². The third-order valence-corrected chi connectivity index (χ3v) is 3.26. The van der Waals surface area contributed by atoms with Crippen LogP contribution in [0.15, 0.2) is 0 Å². The molecule has 0 amide bonds. The van der Waals surface area contributed by atoms with E-state index in [-0.39, 0.29) is 5.41 Å². The highest BCUT2D eigenvalue weighted by atomic mass is 15.1. The number of nitrogens with zero attached hydrogens (tertiary/aromatic N) is 2. The fourth-order valence-corrected chi connectivity index (χ4v) is 2.08. The highest BCUT2D eigenvalue weighted by molar-refractivity contribution is 4.91. The Morgan fingerprint density at radius 2 is 2.06 bits per heavy atom. The first kappa shape index (κ1) is 13.5. The summed E-state index contributed by atoms with van der Waals surface area (Å²) in [6, 6.07) is 2.37. The standard InChI is InChI=1S/C13H25N3/c1-13(2,12-14)6-3-4-9-16-10-5-7-15-8-11-16/h15H,3-11H2,1-2H3. The van der Waals surface area contributed by atoms with Crippen LogP contribution < -0.4 is 5.32 Å². The minimum absolute atomic E-state index is 0.139. The van der Waals surface area contributed by atoms with Crippen LogP contribution in [0.4, 0.5) is 0 Å². The lowest BCUT2D eigenvalue weighted by atomic mass is 9.89. The normalized spacial score (nSPS) is 19.1. The van der Waals surface area contributed by atoms with E-state index in [2.05, 4.69) is 16.3 Å². The van der Waals surface area contributed by atoms with E-state index in [0.29, 0.717) is 0 Å². The molecule has 1 rings (SSSR count). The van der Waals surface area contributed by atoms with Gasteiger partial charge in [0, 0.05) is 13.1 Å². The molecule has 1 N–H and O–H groups in total. The molecule has 0 atom stereocenters. The van der Waals surface area contributed by atoms with Gasteiger partial charge in [-0.05, 0) is 52.7 Å². The molecule has 1 heterocycles. The van der Waals surface area contributed by atoms with Gasteiger partial charge in [0.2, 0.25) is 0 Å². The highest BCUT2D eigenvalue weighted by Gasteiger charge is 2.16. The summed E-state index contributed by atoms with van der Waals surface area (Å²) >= 11 is 0. The van der Waals surface area contributed by atoms with Crippen molar-refractivity contribution in [3.05, 3.63) is 0 Å². The van der Waals surface area contributed by atoms with E-state index in [1.54, 1.807) is 0 Å². The molecule has 1 aliphatic rings. The molecule has 1 fully saturated rings. The molecule has 0 unspecified atom stereocenters. The predicted octanol–water partition coefficient (Wildman–Crippen LogP) is 2.00. The van der Waals surface area contributed by atoms with Crippen LogP contribution in [0.3, 0.4) is 0 Å². The van der Waals surface area contributed by atoms with Gasteiger partial charge in [0.25, 0.3) is 0 Å². The second-order valence-electron chi connectivity index (χ2n) is 5.40. The molecule has 3 nitrogen and oxygen atoms in total. The van der Waals surface area contributed by atoms with Gasteiger partial charge >= 0.3 is 0 Å². The van der Waals surface area contributed by atoms with Crippen molar-refractivity contribution in [3.8, 4) is 6.07 Å². The number of rotatable bonds is 5. The Kier molecular flexibility index (Phi) is 5.79. The summed E-state index contributed by atoms with van der Waals surface area (Å²) in [6.07, 6.45) is 4.69. The van der Waals surface area contributed by atoms with E-state index in [1.165, 1.54) is 38.9 Å². The minimum atomic E-state index is -0.139. The summed E-state index contributed by atoms with van der Waals surface area (Å²) in [7, 11) is 0. The monoisotopic (exact) mass is 223 g/mol. The van der Waals surface area contributed by atoms with E-state index in [0.717, 1.165) is 19.5 Å². The van der Waals surface area contributed by atoms with Gasteiger partial charge in [-0.3, -0.25) is 0 Å². The number of nitrogens with one attached hydrogen (secondary N) is 1. The predicted molar refractivity (Wildman–Crippen MR) is 67.2 cm³/mol. The molecule has 1 saturated heterocycles. The van der Waals surface area contributed by atoms with Crippen LogP contribution in [0.1, 0.15) is 39.5 Å². The van der Waals surface area contributed by atoms with Gasteiger partial charge in [-0.15, -0.1) is 0 Å². The van der Waals surface area contributed by atoms with E-state index < -0.39 is 0 Å². The SMILES string of the molecule is CC(C)(C#N)CCCCN1CCCNCC1. The molecule has 1 aliphatic heterocycles. The Morgan fingerprint density at radius 3 is 2.81 bits per heavy atom. The Hall–Kier alpha value is -0.590. The lowest BCUT2D eigenvalue weighted by Crippen LogP contribution is -2.29. The van der Waals surface area contributed by atoms with Gasteiger partial charge in [0.15, 0.2) is 0 Å². The Balaban J connectivity index is 2.08. The largest absolute Gasteiger partial charge is 0.315 e. The van der Waals surface area contributed by atoms with E-state index in [9.17, 15) is 0 Å². The van der Waals surface area contributed by atoms with Crippen LogP contribution in [-0.2, 0) is 0 Å². The van der Waals surface area contributed by atoms with Crippen molar-refractivity contribution in [3.63, 3.8) is 0 Å². The van der Waals surface area contributed by atoms with Gasteiger partial charge in [-0.1, -0.05) is 6.42 Å². The van der Waals surface area contributed by atoms with E-state index in [1.807, 2.05) is 13.8 Å². The first-order valence-electron chi connectivity index (χ1n) is 6.48. The molecule has 16 heavy (non-hydrogen) atoms. The smallest absolute Gasteiger partial charge is 0.0683 e. The van der Waals surface area contributed by atoms with Gasteiger partial charge < -0.3 is 10.2 Å². The molecule has 0 spiro atoms. The maximum absolute atomic E-state index is 8.91. The van der Waals surface area contributed by atoms with Gasteiger partial charge in [-0.25, -0.2) is 0 Å². The Morgan fingerprint density at radius 1 is 1.25 bits per heavy atom. The maximum Gasteiger partial charge on any atom is 0.0683 e. The summed E-state index contributed by atoms with van der Waals surface area (Å²) in [5.74, 6) is 0. The number of hydrogen-bond acceptors (Lipinski definition) is 3.